The summed E-state index contributed by atoms with van der Waals surface area (Å²) in [5.41, 5.74) is 3.63. The summed E-state index contributed by atoms with van der Waals surface area (Å²) in [6, 6.07) is 12.0. The van der Waals surface area contributed by atoms with Gasteiger partial charge in [0.05, 0.1) is 34.6 Å². The van der Waals surface area contributed by atoms with Crippen LogP contribution in [0.3, 0.4) is 0 Å². The van der Waals surface area contributed by atoms with Gasteiger partial charge < -0.3 is 5.32 Å². The Labute approximate surface area is 202 Å². The number of rotatable bonds is 5. The van der Waals surface area contributed by atoms with Crippen molar-refractivity contribution in [1.82, 2.24) is 29.2 Å². The van der Waals surface area contributed by atoms with Crippen LogP contribution in [0.25, 0.3) is 38.8 Å². The van der Waals surface area contributed by atoms with E-state index < -0.39 is 30.4 Å². The molecule has 1 N–H and O–H groups in total. The Hall–Kier alpha value is -4.41. The maximum atomic E-state index is 13.3. The molecule has 0 aliphatic carbocycles. The Morgan fingerprint density at radius 3 is 2.39 bits per heavy atom. The molecule has 8 nitrogen and oxygen atoms in total. The normalized spacial score (nSPS) is 12.8. The van der Waals surface area contributed by atoms with Crippen LogP contribution in [0, 0.1) is 0 Å². The molecule has 1 atom stereocenters. The number of hydrogen-bond donors (Lipinski definition) is 1. The zero-order valence-electron chi connectivity index (χ0n) is 19.3. The van der Waals surface area contributed by atoms with E-state index in [4.69, 9.17) is 0 Å². The van der Waals surface area contributed by atoms with Crippen LogP contribution in [0.4, 0.5) is 13.2 Å². The number of fused-ring (bicyclic) bond motifs is 2. The third kappa shape index (κ3) is 4.02. The smallest absolute Gasteiger partial charge is 0.343 e. The standard InChI is InChI=1S/C25H21F3N6O2/c1-15(25(26,27)28)31-23(35)14-33-20-5-3-4-6-21(20)34(24(33)36)17-9-7-16(8-10-17)18-11-29-13-22-19(18)12-30-32(22)2/h3-13,15H,14H2,1-2H3,(H,31,35). The first-order valence-corrected chi connectivity index (χ1v) is 11.1. The number of para-hydroxylation sites is 2. The number of nitrogens with one attached hydrogen (secondary N) is 1. The molecule has 5 rings (SSSR count). The Morgan fingerprint density at radius 2 is 1.69 bits per heavy atom. The molecule has 0 saturated heterocycles. The molecular weight excluding hydrogens is 473 g/mol. The van der Waals surface area contributed by atoms with Crippen molar-refractivity contribution in [3.63, 3.8) is 0 Å². The zero-order chi connectivity index (χ0) is 25.6. The molecule has 0 radical (unpaired) electrons. The molecule has 184 valence electrons. The fourth-order valence-electron chi connectivity index (χ4n) is 4.20. The second-order valence-corrected chi connectivity index (χ2v) is 8.46. The average molecular weight is 494 g/mol. The van der Waals surface area contributed by atoms with Crippen molar-refractivity contribution >= 4 is 27.8 Å². The van der Waals surface area contributed by atoms with Gasteiger partial charge in [-0.3, -0.25) is 23.6 Å². The van der Waals surface area contributed by atoms with Gasteiger partial charge in [-0.15, -0.1) is 0 Å². The number of hydrogen-bond acceptors (Lipinski definition) is 4. The summed E-state index contributed by atoms with van der Waals surface area (Å²) < 4.78 is 42.9. The number of carbonyl (C=O) groups excluding carboxylic acids is 1. The van der Waals surface area contributed by atoms with E-state index in [1.807, 2.05) is 24.5 Å². The number of alkyl halides is 3. The van der Waals surface area contributed by atoms with E-state index in [2.05, 4.69) is 10.1 Å². The summed E-state index contributed by atoms with van der Waals surface area (Å²) in [6.07, 6.45) is 0.674. The van der Waals surface area contributed by atoms with Crippen LogP contribution >= 0.6 is 0 Å². The number of nitrogens with zero attached hydrogens (tertiary/aromatic N) is 5. The van der Waals surface area contributed by atoms with Gasteiger partial charge in [-0.1, -0.05) is 24.3 Å². The van der Waals surface area contributed by atoms with E-state index in [1.54, 1.807) is 59.7 Å². The number of halogens is 3. The van der Waals surface area contributed by atoms with Gasteiger partial charge in [0.2, 0.25) is 5.91 Å². The van der Waals surface area contributed by atoms with E-state index >= 15 is 0 Å². The Kier molecular flexibility index (Phi) is 5.62. The summed E-state index contributed by atoms with van der Waals surface area (Å²) in [5, 5.41) is 7.13. The van der Waals surface area contributed by atoms with Gasteiger partial charge in [-0.25, -0.2) is 4.79 Å². The molecule has 11 heteroatoms. The van der Waals surface area contributed by atoms with E-state index in [0.29, 0.717) is 16.7 Å². The van der Waals surface area contributed by atoms with Crippen LogP contribution < -0.4 is 11.0 Å². The second-order valence-electron chi connectivity index (χ2n) is 8.46. The molecule has 0 aliphatic heterocycles. The molecular formula is C25H21F3N6O2. The molecule has 0 bridgehead atoms. The lowest BCUT2D eigenvalue weighted by atomic mass is 10.0. The molecule has 36 heavy (non-hydrogen) atoms. The number of amides is 1. The van der Waals surface area contributed by atoms with Crippen molar-refractivity contribution < 1.29 is 18.0 Å². The monoisotopic (exact) mass is 494 g/mol. The highest BCUT2D eigenvalue weighted by Gasteiger charge is 2.37. The van der Waals surface area contributed by atoms with Gasteiger partial charge in [0.15, 0.2) is 0 Å². The SMILES string of the molecule is CC(NC(=O)Cn1c(=O)n(-c2ccc(-c3cncc4c3cnn4C)cc2)c2ccccc21)C(F)(F)F. The average Bonchev–Trinajstić information content (AvgIpc) is 3.36. The minimum Gasteiger partial charge on any atom is -0.343 e. The van der Waals surface area contributed by atoms with Gasteiger partial charge in [0, 0.05) is 24.2 Å². The summed E-state index contributed by atoms with van der Waals surface area (Å²) in [4.78, 5) is 30.0. The topological polar surface area (TPSA) is 86.7 Å². The molecule has 3 heterocycles. The van der Waals surface area contributed by atoms with Crippen LogP contribution in [-0.2, 0) is 18.4 Å². The maximum Gasteiger partial charge on any atom is 0.408 e. The summed E-state index contributed by atoms with van der Waals surface area (Å²) in [5.74, 6) is -0.905. The molecule has 1 unspecified atom stereocenters. The van der Waals surface area contributed by atoms with E-state index in [1.165, 1.54) is 9.13 Å². The summed E-state index contributed by atoms with van der Waals surface area (Å²) in [7, 11) is 1.84. The molecule has 0 aliphatic rings. The molecule has 5 aromatic rings. The zero-order valence-corrected chi connectivity index (χ0v) is 19.3. The van der Waals surface area contributed by atoms with Crippen LogP contribution in [0.15, 0.2) is 71.9 Å². The first-order chi connectivity index (χ1) is 17.1. The first-order valence-electron chi connectivity index (χ1n) is 11.1. The van der Waals surface area contributed by atoms with Gasteiger partial charge in [-0.2, -0.15) is 18.3 Å². The largest absolute Gasteiger partial charge is 0.408 e. The summed E-state index contributed by atoms with van der Waals surface area (Å²) in [6.45, 7) is 0.312. The number of aromatic nitrogens is 5. The quantitative estimate of drug-likeness (QED) is 0.403. The molecule has 0 spiro atoms. The van der Waals surface area contributed by atoms with Crippen molar-refractivity contribution in [2.75, 3.05) is 0 Å². The summed E-state index contributed by atoms with van der Waals surface area (Å²) >= 11 is 0. The van der Waals surface area contributed by atoms with Crippen LogP contribution in [0.2, 0.25) is 0 Å². The van der Waals surface area contributed by atoms with Gasteiger partial charge >= 0.3 is 11.9 Å². The number of benzene rings is 2. The lowest BCUT2D eigenvalue weighted by Gasteiger charge is -2.17. The Bertz CT molecular complexity index is 1650. The number of pyridine rings is 1. The minimum absolute atomic E-state index is 0.436. The molecule has 0 fully saturated rings. The first kappa shape index (κ1) is 23.3. The highest BCUT2D eigenvalue weighted by atomic mass is 19.4. The fourth-order valence-corrected chi connectivity index (χ4v) is 4.20. The maximum absolute atomic E-state index is 13.3. The van der Waals surface area contributed by atoms with Crippen molar-refractivity contribution in [3.05, 3.63) is 77.6 Å². The highest BCUT2D eigenvalue weighted by molar-refractivity contribution is 5.93. The van der Waals surface area contributed by atoms with Crippen molar-refractivity contribution in [3.8, 4) is 16.8 Å². The minimum atomic E-state index is -4.58. The van der Waals surface area contributed by atoms with Crippen LogP contribution in [0.5, 0.6) is 0 Å². The number of aryl methyl sites for hydroxylation is 1. The van der Waals surface area contributed by atoms with Crippen LogP contribution in [0.1, 0.15) is 6.92 Å². The third-order valence-corrected chi connectivity index (χ3v) is 6.12. The van der Waals surface area contributed by atoms with Gasteiger partial charge in [0.25, 0.3) is 0 Å². The lowest BCUT2D eigenvalue weighted by molar-refractivity contribution is -0.158. The van der Waals surface area contributed by atoms with E-state index in [9.17, 15) is 22.8 Å². The van der Waals surface area contributed by atoms with Crippen molar-refractivity contribution in [2.24, 2.45) is 7.05 Å². The van der Waals surface area contributed by atoms with E-state index in [-0.39, 0.29) is 0 Å². The van der Waals surface area contributed by atoms with Crippen molar-refractivity contribution in [1.29, 1.82) is 0 Å². The molecule has 0 saturated carbocycles. The number of imidazole rings is 1. The Balaban J connectivity index is 1.52. The second kappa shape index (κ2) is 8.67. The lowest BCUT2D eigenvalue weighted by Crippen LogP contribution is -2.45. The Morgan fingerprint density at radius 1 is 1.00 bits per heavy atom. The third-order valence-electron chi connectivity index (χ3n) is 6.12. The predicted octanol–water partition coefficient (Wildman–Crippen LogP) is 3.81. The van der Waals surface area contributed by atoms with E-state index in [0.717, 1.165) is 29.0 Å². The molecule has 2 aromatic carbocycles. The molecule has 1 amide bonds. The van der Waals surface area contributed by atoms with Gasteiger partial charge in [0.1, 0.15) is 12.6 Å². The van der Waals surface area contributed by atoms with Crippen molar-refractivity contribution in [2.45, 2.75) is 25.7 Å². The highest BCUT2D eigenvalue weighted by Crippen LogP contribution is 2.28. The number of carbonyl (C=O) groups is 1. The molecule has 3 aromatic heterocycles. The fraction of sp³-hybridized carbons (Fsp3) is 0.200. The predicted molar refractivity (Wildman–Crippen MR) is 129 cm³/mol. The van der Waals surface area contributed by atoms with Crippen LogP contribution in [-0.4, -0.2) is 42.0 Å². The van der Waals surface area contributed by atoms with Gasteiger partial charge in [-0.05, 0) is 36.8 Å².